The molecule has 1 heterocycles. The van der Waals surface area contributed by atoms with Crippen molar-refractivity contribution in [2.45, 2.75) is 0 Å². The molecule has 0 aliphatic rings. The number of fused-ring (bicyclic) bond motifs is 1. The Kier molecular flexibility index (Phi) is 3.71. The van der Waals surface area contributed by atoms with Gasteiger partial charge in [-0.25, -0.2) is 0 Å². The van der Waals surface area contributed by atoms with Crippen LogP contribution in [0.4, 0.5) is 5.69 Å². The van der Waals surface area contributed by atoms with Gasteiger partial charge < -0.3 is 10.3 Å². The normalized spacial score (nSPS) is 11.1. The van der Waals surface area contributed by atoms with E-state index in [1.54, 1.807) is 24.4 Å². The monoisotopic (exact) mass is 287 g/mol. The Hall–Kier alpha value is -3.32. The molecule has 1 aromatic heterocycles. The van der Waals surface area contributed by atoms with Gasteiger partial charge in [-0.2, -0.15) is 5.26 Å². The number of aromatic amines is 1. The average molecular weight is 287 g/mol. The van der Waals surface area contributed by atoms with Crippen molar-refractivity contribution in [1.29, 1.82) is 5.26 Å². The molecule has 0 spiro atoms. The van der Waals surface area contributed by atoms with Gasteiger partial charge in [0.1, 0.15) is 11.6 Å². The molecule has 0 saturated carbocycles. The first-order valence-electron chi connectivity index (χ1n) is 6.82. The molecular weight excluding hydrogens is 274 g/mol. The van der Waals surface area contributed by atoms with E-state index in [2.05, 4.69) is 10.3 Å². The van der Waals surface area contributed by atoms with E-state index < -0.39 is 5.91 Å². The number of carbonyl (C=O) groups is 1. The highest BCUT2D eigenvalue weighted by atomic mass is 16.1. The van der Waals surface area contributed by atoms with Crippen molar-refractivity contribution in [2.24, 2.45) is 0 Å². The molecular formula is C18H13N3O. The second-order valence-corrected chi connectivity index (χ2v) is 4.78. The number of nitrogens with one attached hydrogen (secondary N) is 2. The maximum atomic E-state index is 12.2. The van der Waals surface area contributed by atoms with Gasteiger partial charge in [0.25, 0.3) is 5.91 Å². The Morgan fingerprint density at radius 2 is 1.82 bits per heavy atom. The lowest BCUT2D eigenvalue weighted by atomic mass is 10.1. The van der Waals surface area contributed by atoms with Crippen LogP contribution in [-0.2, 0) is 4.79 Å². The minimum absolute atomic E-state index is 0.0635. The Morgan fingerprint density at radius 3 is 2.59 bits per heavy atom. The van der Waals surface area contributed by atoms with Crippen molar-refractivity contribution in [1.82, 2.24) is 4.98 Å². The Balaban J connectivity index is 1.90. The molecule has 0 saturated heterocycles. The van der Waals surface area contributed by atoms with E-state index >= 15 is 0 Å². The molecule has 0 unspecified atom stereocenters. The molecule has 0 radical (unpaired) electrons. The first-order chi connectivity index (χ1) is 10.8. The van der Waals surface area contributed by atoms with Crippen LogP contribution in [0, 0.1) is 11.3 Å². The highest BCUT2D eigenvalue weighted by molar-refractivity contribution is 6.10. The van der Waals surface area contributed by atoms with E-state index in [1.807, 2.05) is 48.5 Å². The van der Waals surface area contributed by atoms with Crippen LogP contribution in [-0.4, -0.2) is 10.9 Å². The summed E-state index contributed by atoms with van der Waals surface area (Å²) in [5.74, 6) is -0.418. The van der Waals surface area contributed by atoms with Gasteiger partial charge in [-0.05, 0) is 24.3 Å². The fraction of sp³-hybridized carbons (Fsp3) is 0. The molecule has 4 nitrogen and oxygen atoms in total. The highest BCUT2D eigenvalue weighted by Gasteiger charge is 2.10. The highest BCUT2D eigenvalue weighted by Crippen LogP contribution is 2.20. The number of anilines is 1. The third-order valence-electron chi connectivity index (χ3n) is 3.32. The summed E-state index contributed by atoms with van der Waals surface area (Å²) >= 11 is 0. The topological polar surface area (TPSA) is 68.7 Å². The van der Waals surface area contributed by atoms with Gasteiger partial charge in [-0.3, -0.25) is 4.79 Å². The summed E-state index contributed by atoms with van der Waals surface area (Å²) in [5, 5.41) is 12.9. The smallest absolute Gasteiger partial charge is 0.266 e. The van der Waals surface area contributed by atoms with Crippen LogP contribution in [0.3, 0.4) is 0 Å². The quantitative estimate of drug-likeness (QED) is 0.569. The molecule has 0 aliphatic carbocycles. The van der Waals surface area contributed by atoms with Crippen LogP contribution in [0.25, 0.3) is 17.0 Å². The summed E-state index contributed by atoms with van der Waals surface area (Å²) in [4.78, 5) is 15.3. The van der Waals surface area contributed by atoms with Gasteiger partial charge in [0, 0.05) is 28.4 Å². The minimum Gasteiger partial charge on any atom is -0.361 e. The number of nitriles is 1. The molecule has 0 fully saturated rings. The number of amides is 1. The summed E-state index contributed by atoms with van der Waals surface area (Å²) in [6, 6.07) is 18.8. The number of aromatic nitrogens is 1. The van der Waals surface area contributed by atoms with Crippen LogP contribution < -0.4 is 5.32 Å². The van der Waals surface area contributed by atoms with E-state index in [0.29, 0.717) is 5.69 Å². The van der Waals surface area contributed by atoms with Crippen molar-refractivity contribution in [3.8, 4) is 6.07 Å². The van der Waals surface area contributed by atoms with Crippen LogP contribution >= 0.6 is 0 Å². The maximum Gasteiger partial charge on any atom is 0.266 e. The third-order valence-corrected chi connectivity index (χ3v) is 3.32. The van der Waals surface area contributed by atoms with Gasteiger partial charge in [-0.15, -0.1) is 0 Å². The lowest BCUT2D eigenvalue weighted by Crippen LogP contribution is -2.13. The molecule has 3 aromatic rings. The lowest BCUT2D eigenvalue weighted by molar-refractivity contribution is -0.112. The van der Waals surface area contributed by atoms with E-state index in [1.165, 1.54) is 0 Å². The van der Waals surface area contributed by atoms with Gasteiger partial charge >= 0.3 is 0 Å². The van der Waals surface area contributed by atoms with E-state index in [9.17, 15) is 10.1 Å². The number of nitrogens with zero attached hydrogens (tertiary/aromatic N) is 1. The largest absolute Gasteiger partial charge is 0.361 e. The second-order valence-electron chi connectivity index (χ2n) is 4.78. The first kappa shape index (κ1) is 13.7. The molecule has 2 aromatic carbocycles. The first-order valence-corrected chi connectivity index (χ1v) is 6.82. The predicted molar refractivity (Wildman–Crippen MR) is 87.0 cm³/mol. The summed E-state index contributed by atoms with van der Waals surface area (Å²) in [7, 11) is 0. The second kappa shape index (κ2) is 5.98. The molecule has 4 heteroatoms. The third kappa shape index (κ3) is 2.74. The van der Waals surface area contributed by atoms with E-state index in [-0.39, 0.29) is 5.57 Å². The number of hydrogen-bond acceptors (Lipinski definition) is 2. The van der Waals surface area contributed by atoms with Crippen LogP contribution in [0.2, 0.25) is 0 Å². The minimum atomic E-state index is -0.418. The summed E-state index contributed by atoms with van der Waals surface area (Å²) < 4.78 is 0. The number of rotatable bonds is 3. The summed E-state index contributed by atoms with van der Waals surface area (Å²) in [6.07, 6.45) is 3.38. The van der Waals surface area contributed by atoms with Crippen molar-refractivity contribution in [2.75, 3.05) is 5.32 Å². The number of carbonyl (C=O) groups excluding carboxylic acids is 1. The van der Waals surface area contributed by atoms with Crippen LogP contribution in [0.15, 0.2) is 66.4 Å². The Morgan fingerprint density at radius 1 is 1.09 bits per heavy atom. The number of benzene rings is 2. The van der Waals surface area contributed by atoms with E-state index in [0.717, 1.165) is 16.5 Å². The zero-order chi connectivity index (χ0) is 15.4. The molecule has 0 atom stereocenters. The molecule has 2 N–H and O–H groups in total. The molecule has 0 bridgehead atoms. The van der Waals surface area contributed by atoms with Crippen molar-refractivity contribution >= 4 is 28.6 Å². The van der Waals surface area contributed by atoms with Crippen molar-refractivity contribution in [3.05, 3.63) is 71.9 Å². The number of para-hydroxylation sites is 2. The Bertz CT molecular complexity index is 885. The fourth-order valence-electron chi connectivity index (χ4n) is 2.24. The molecule has 22 heavy (non-hydrogen) atoms. The molecule has 1 amide bonds. The zero-order valence-corrected chi connectivity index (χ0v) is 11.7. The van der Waals surface area contributed by atoms with Crippen molar-refractivity contribution in [3.63, 3.8) is 0 Å². The van der Waals surface area contributed by atoms with E-state index in [4.69, 9.17) is 0 Å². The standard InChI is InChI=1S/C18H13N3O/c19-11-13(18(22)21-15-6-2-1-3-7-15)10-14-12-20-17-9-5-4-8-16(14)17/h1-10,12,20H,(H,21,22). The van der Waals surface area contributed by atoms with Crippen LogP contribution in [0.1, 0.15) is 5.56 Å². The Labute approximate surface area is 127 Å². The maximum absolute atomic E-state index is 12.2. The number of H-pyrrole nitrogens is 1. The predicted octanol–water partition coefficient (Wildman–Crippen LogP) is 3.71. The van der Waals surface area contributed by atoms with Gasteiger partial charge in [0.15, 0.2) is 0 Å². The molecule has 0 aliphatic heterocycles. The average Bonchev–Trinajstić information content (AvgIpc) is 2.96. The zero-order valence-electron chi connectivity index (χ0n) is 11.7. The molecule has 3 rings (SSSR count). The van der Waals surface area contributed by atoms with Crippen molar-refractivity contribution < 1.29 is 4.79 Å². The van der Waals surface area contributed by atoms with Gasteiger partial charge in [0.05, 0.1) is 0 Å². The fourth-order valence-corrected chi connectivity index (χ4v) is 2.24. The molecule has 106 valence electrons. The summed E-state index contributed by atoms with van der Waals surface area (Å²) in [5.41, 5.74) is 2.51. The summed E-state index contributed by atoms with van der Waals surface area (Å²) in [6.45, 7) is 0. The number of hydrogen-bond donors (Lipinski definition) is 2. The van der Waals surface area contributed by atoms with Crippen LogP contribution in [0.5, 0.6) is 0 Å². The van der Waals surface area contributed by atoms with Gasteiger partial charge in [0.2, 0.25) is 0 Å². The lowest BCUT2D eigenvalue weighted by Gasteiger charge is -2.03. The van der Waals surface area contributed by atoms with Gasteiger partial charge in [-0.1, -0.05) is 36.4 Å². The SMILES string of the molecule is N#CC(=Cc1c[nH]c2ccccc12)C(=O)Nc1ccccc1.